The Bertz CT molecular complexity index is 550. The zero-order chi connectivity index (χ0) is 18.7. The summed E-state index contributed by atoms with van der Waals surface area (Å²) >= 11 is 0. The van der Waals surface area contributed by atoms with Crippen LogP contribution in [0.2, 0.25) is 0 Å². The predicted molar refractivity (Wildman–Crippen MR) is 101 cm³/mol. The average Bonchev–Trinajstić information content (AvgIpc) is 2.55. The molecular formula is C18H28NO5S+. The van der Waals surface area contributed by atoms with E-state index in [0.29, 0.717) is 24.5 Å². The molecule has 0 fully saturated rings. The molecular weight excluding hydrogens is 342 g/mol. The Labute approximate surface area is 152 Å². The fourth-order valence-electron chi connectivity index (χ4n) is 1.97. The number of anilines is 1. The van der Waals surface area contributed by atoms with Gasteiger partial charge >= 0.3 is 5.97 Å². The van der Waals surface area contributed by atoms with E-state index in [9.17, 15) is 9.59 Å². The van der Waals surface area contributed by atoms with Gasteiger partial charge in [0.05, 0.1) is 25.5 Å². The molecule has 0 heterocycles. The first-order chi connectivity index (χ1) is 11.9. The van der Waals surface area contributed by atoms with E-state index in [1.807, 2.05) is 13.0 Å². The van der Waals surface area contributed by atoms with Gasteiger partial charge in [-0.1, -0.05) is 6.07 Å². The van der Waals surface area contributed by atoms with Gasteiger partial charge in [0, 0.05) is 25.3 Å². The van der Waals surface area contributed by atoms with Crippen molar-refractivity contribution in [2.75, 3.05) is 43.4 Å². The zero-order valence-electron chi connectivity index (χ0n) is 15.4. The second kappa shape index (κ2) is 11.8. The van der Waals surface area contributed by atoms with Crippen LogP contribution < -0.4 is 10.1 Å². The SMILES string of the molecule is CCOC[C@H](COc1cccc(NC(=O)CC[S+](C)C)c1)OC(C)=O. The Hall–Kier alpha value is -1.73. The molecule has 0 bridgehead atoms. The molecule has 0 saturated heterocycles. The summed E-state index contributed by atoms with van der Waals surface area (Å²) in [4.78, 5) is 23.0. The summed E-state index contributed by atoms with van der Waals surface area (Å²) in [6, 6.07) is 7.16. The number of benzene rings is 1. The van der Waals surface area contributed by atoms with Gasteiger partial charge in [-0.05, 0) is 30.0 Å². The van der Waals surface area contributed by atoms with Crippen LogP contribution in [-0.4, -0.2) is 56.1 Å². The van der Waals surface area contributed by atoms with Crippen molar-refractivity contribution in [3.63, 3.8) is 0 Å². The summed E-state index contributed by atoms with van der Waals surface area (Å²) in [6.07, 6.45) is 4.26. The van der Waals surface area contributed by atoms with E-state index in [1.165, 1.54) is 6.92 Å². The van der Waals surface area contributed by atoms with E-state index < -0.39 is 6.10 Å². The molecule has 140 valence electrons. The van der Waals surface area contributed by atoms with E-state index in [-0.39, 0.29) is 36.0 Å². The van der Waals surface area contributed by atoms with Crippen LogP contribution in [0.25, 0.3) is 0 Å². The lowest BCUT2D eigenvalue weighted by Gasteiger charge is -2.17. The van der Waals surface area contributed by atoms with Crippen LogP contribution in [0.1, 0.15) is 20.3 Å². The van der Waals surface area contributed by atoms with Crippen molar-refractivity contribution in [1.82, 2.24) is 0 Å². The molecule has 0 aromatic heterocycles. The highest BCUT2D eigenvalue weighted by Gasteiger charge is 2.14. The van der Waals surface area contributed by atoms with Gasteiger partial charge in [-0.15, -0.1) is 0 Å². The minimum atomic E-state index is -0.470. The number of hydrogen-bond donors (Lipinski definition) is 1. The molecule has 0 aliphatic rings. The molecule has 1 rings (SSSR count). The number of ether oxygens (including phenoxy) is 3. The van der Waals surface area contributed by atoms with Crippen LogP contribution in [0, 0.1) is 0 Å². The van der Waals surface area contributed by atoms with E-state index in [4.69, 9.17) is 14.2 Å². The van der Waals surface area contributed by atoms with Crippen LogP contribution in [0.15, 0.2) is 24.3 Å². The van der Waals surface area contributed by atoms with E-state index >= 15 is 0 Å². The van der Waals surface area contributed by atoms with Crippen molar-refractivity contribution in [2.45, 2.75) is 26.4 Å². The lowest BCUT2D eigenvalue weighted by atomic mass is 10.3. The summed E-state index contributed by atoms with van der Waals surface area (Å²) < 4.78 is 16.1. The molecule has 0 aliphatic carbocycles. The number of rotatable bonds is 11. The highest BCUT2D eigenvalue weighted by atomic mass is 32.2. The van der Waals surface area contributed by atoms with Gasteiger partial charge in [0.2, 0.25) is 5.91 Å². The first kappa shape index (κ1) is 21.3. The summed E-state index contributed by atoms with van der Waals surface area (Å²) in [5.41, 5.74) is 0.684. The van der Waals surface area contributed by atoms with Crippen molar-refractivity contribution in [2.24, 2.45) is 0 Å². The molecule has 0 radical (unpaired) electrons. The first-order valence-corrected chi connectivity index (χ1v) is 10.4. The van der Waals surface area contributed by atoms with E-state index in [1.54, 1.807) is 18.2 Å². The van der Waals surface area contributed by atoms with Crippen LogP contribution in [0.4, 0.5) is 5.69 Å². The number of carbonyl (C=O) groups is 2. The molecule has 1 aromatic rings. The van der Waals surface area contributed by atoms with Crippen molar-refractivity contribution >= 4 is 28.5 Å². The largest absolute Gasteiger partial charge is 0.490 e. The topological polar surface area (TPSA) is 73.9 Å². The number of carbonyl (C=O) groups excluding carboxylic acids is 2. The Kier molecular flexibility index (Phi) is 10.0. The van der Waals surface area contributed by atoms with Crippen molar-refractivity contribution in [3.8, 4) is 5.75 Å². The molecule has 7 heteroatoms. The molecule has 0 aliphatic heterocycles. The second-order valence-electron chi connectivity index (χ2n) is 5.72. The summed E-state index contributed by atoms with van der Waals surface area (Å²) in [6.45, 7) is 4.23. The number of hydrogen-bond acceptors (Lipinski definition) is 5. The lowest BCUT2D eigenvalue weighted by Crippen LogP contribution is -2.29. The molecule has 0 spiro atoms. The highest BCUT2D eigenvalue weighted by Crippen LogP contribution is 2.18. The van der Waals surface area contributed by atoms with Crippen LogP contribution in [-0.2, 0) is 30.0 Å². The van der Waals surface area contributed by atoms with Crippen LogP contribution in [0.5, 0.6) is 5.75 Å². The standard InChI is InChI=1S/C18H27NO5S/c1-5-22-12-17(24-14(2)20)13-23-16-8-6-7-15(11-16)19-18(21)9-10-25(3)4/h6-8,11,17H,5,9-10,12-13H2,1-4H3/p+1/t17-/m1/s1. The van der Waals surface area contributed by atoms with Crippen molar-refractivity contribution < 1.29 is 23.8 Å². The van der Waals surface area contributed by atoms with Gasteiger partial charge in [-0.3, -0.25) is 9.59 Å². The highest BCUT2D eigenvalue weighted by molar-refractivity contribution is 7.95. The molecule has 1 aromatic carbocycles. The second-order valence-corrected chi connectivity index (χ2v) is 8.10. The predicted octanol–water partition coefficient (Wildman–Crippen LogP) is 2.24. The summed E-state index contributed by atoms with van der Waals surface area (Å²) in [5, 5.41) is 2.87. The van der Waals surface area contributed by atoms with Gasteiger partial charge in [0.1, 0.15) is 18.1 Å². The normalized spacial score (nSPS) is 11.9. The maximum atomic E-state index is 11.9. The molecule has 25 heavy (non-hydrogen) atoms. The molecule has 0 saturated carbocycles. The third-order valence-electron chi connectivity index (χ3n) is 3.13. The third-order valence-corrected chi connectivity index (χ3v) is 4.15. The molecule has 6 nitrogen and oxygen atoms in total. The maximum Gasteiger partial charge on any atom is 0.303 e. The van der Waals surface area contributed by atoms with E-state index in [0.717, 1.165) is 5.75 Å². The first-order valence-electron chi connectivity index (χ1n) is 8.22. The monoisotopic (exact) mass is 370 g/mol. The number of nitrogens with one attached hydrogen (secondary N) is 1. The third kappa shape index (κ3) is 9.99. The van der Waals surface area contributed by atoms with Gasteiger partial charge in [-0.2, -0.15) is 0 Å². The lowest BCUT2D eigenvalue weighted by molar-refractivity contribution is -0.151. The van der Waals surface area contributed by atoms with Gasteiger partial charge < -0.3 is 19.5 Å². The zero-order valence-corrected chi connectivity index (χ0v) is 16.2. The Balaban J connectivity index is 2.55. The summed E-state index contributed by atoms with van der Waals surface area (Å²) in [5.74, 6) is 1.09. The fraction of sp³-hybridized carbons (Fsp3) is 0.556. The minimum absolute atomic E-state index is 0.00696. The van der Waals surface area contributed by atoms with Crippen molar-refractivity contribution in [1.29, 1.82) is 0 Å². The molecule has 0 unspecified atom stereocenters. The smallest absolute Gasteiger partial charge is 0.303 e. The van der Waals surface area contributed by atoms with Crippen LogP contribution in [0.3, 0.4) is 0 Å². The molecule has 1 atom stereocenters. The average molecular weight is 370 g/mol. The number of esters is 1. The Morgan fingerprint density at radius 1 is 1.24 bits per heavy atom. The van der Waals surface area contributed by atoms with Gasteiger partial charge in [0.25, 0.3) is 0 Å². The van der Waals surface area contributed by atoms with Gasteiger partial charge in [-0.25, -0.2) is 0 Å². The van der Waals surface area contributed by atoms with Crippen molar-refractivity contribution in [3.05, 3.63) is 24.3 Å². The quantitative estimate of drug-likeness (QED) is 0.478. The molecule has 1 amide bonds. The Morgan fingerprint density at radius 3 is 2.64 bits per heavy atom. The number of amides is 1. The fourth-order valence-corrected chi connectivity index (χ4v) is 2.57. The summed E-state index contributed by atoms with van der Waals surface area (Å²) in [7, 11) is 0.246. The van der Waals surface area contributed by atoms with Gasteiger partial charge in [0.15, 0.2) is 6.10 Å². The van der Waals surface area contributed by atoms with Crippen LogP contribution >= 0.6 is 0 Å². The maximum absolute atomic E-state index is 11.9. The molecule has 1 N–H and O–H groups in total. The Morgan fingerprint density at radius 2 is 2.00 bits per heavy atom. The van der Waals surface area contributed by atoms with E-state index in [2.05, 4.69) is 17.8 Å². The minimum Gasteiger partial charge on any atom is -0.490 e.